The lowest BCUT2D eigenvalue weighted by Gasteiger charge is -2.38. The number of nitrogens with zero attached hydrogens (tertiary/aromatic N) is 7. The molecule has 1 unspecified atom stereocenters. The van der Waals surface area contributed by atoms with Crippen molar-refractivity contribution >= 4 is 86.7 Å². The average Bonchev–Trinajstić information content (AvgIpc) is 1.47. The van der Waals surface area contributed by atoms with Gasteiger partial charge in [0.05, 0.1) is 78.8 Å². The molecule has 1 fully saturated rings. The maximum Gasteiger partial charge on any atom is 0.312 e. The molecule has 6 heterocycles. The Bertz CT molecular complexity index is 4670. The number of likely N-dealkylation sites (N-methyl/N-ethyl adjacent to an activating group) is 1. The lowest BCUT2D eigenvalue weighted by atomic mass is 9.76. The number of halogens is 4. The summed E-state index contributed by atoms with van der Waals surface area (Å²) < 4.78 is 33.8. The number of hydrazone groups is 1. The molecule has 25 heteroatoms. The maximum absolute atomic E-state index is 14.4. The van der Waals surface area contributed by atoms with Gasteiger partial charge in [-0.25, -0.2) is 9.97 Å². The van der Waals surface area contributed by atoms with Crippen molar-refractivity contribution in [3.8, 4) is 23.0 Å². The van der Waals surface area contributed by atoms with Gasteiger partial charge in [-0.1, -0.05) is 189 Å². The van der Waals surface area contributed by atoms with Crippen molar-refractivity contribution in [1.82, 2.24) is 29.0 Å². The number of ketones is 1. The summed E-state index contributed by atoms with van der Waals surface area (Å²) in [7, 11) is 3.42. The highest BCUT2D eigenvalue weighted by atomic mass is 35.5. The van der Waals surface area contributed by atoms with Gasteiger partial charge >= 0.3 is 11.8 Å². The third kappa shape index (κ3) is 18.1. The van der Waals surface area contributed by atoms with Crippen molar-refractivity contribution in [3.05, 3.63) is 266 Å². The van der Waals surface area contributed by atoms with Crippen molar-refractivity contribution in [2.24, 2.45) is 28.8 Å². The first-order valence-electron chi connectivity index (χ1n) is 35.3. The van der Waals surface area contributed by atoms with Crippen molar-refractivity contribution in [3.63, 3.8) is 0 Å². The van der Waals surface area contributed by atoms with Gasteiger partial charge in [-0.15, -0.1) is 0 Å². The number of fused-ring (bicyclic) bond motifs is 14. The second kappa shape index (κ2) is 36.1. The first kappa shape index (κ1) is 81.0. The zero-order chi connectivity index (χ0) is 77.7. The molecular weight excluding hydrogens is 1460 g/mol. The molecule has 568 valence electrons. The lowest BCUT2D eigenvalue weighted by molar-refractivity contribution is -0.160. The van der Waals surface area contributed by atoms with E-state index in [1.165, 1.54) is 59.4 Å². The summed E-state index contributed by atoms with van der Waals surface area (Å²) in [5.41, 5.74) is 4.28. The van der Waals surface area contributed by atoms with E-state index in [2.05, 4.69) is 84.5 Å². The number of allylic oxidation sites excluding steroid dienone is 2. The number of carbonyl (C=O) groups excluding carboxylic acids is 3. The normalized spacial score (nSPS) is 22.9. The van der Waals surface area contributed by atoms with Crippen LogP contribution in [0, 0.1) is 30.6 Å². The second-order valence-corrected chi connectivity index (χ2v) is 29.1. The van der Waals surface area contributed by atoms with Gasteiger partial charge in [0.2, 0.25) is 0 Å². The Kier molecular flexibility index (Phi) is 27.1. The number of Topliss-reactive ketones (excluding diaryl/α,β-unsaturated/α-hetero) is 1. The van der Waals surface area contributed by atoms with Crippen LogP contribution in [0.2, 0.25) is 20.1 Å². The first-order valence-corrected chi connectivity index (χ1v) is 36.9. The quantitative estimate of drug-likeness (QED) is 0.0194. The molecule has 10 atom stereocenters. The molecule has 5 bridgehead atoms. The molecule has 21 nitrogen and oxygen atoms in total. The molecule has 1 saturated heterocycles. The van der Waals surface area contributed by atoms with E-state index in [0.717, 1.165) is 45.9 Å². The smallest absolute Gasteiger partial charge is 0.312 e. The average molecular weight is 1550 g/mol. The molecule has 0 saturated carbocycles. The summed E-state index contributed by atoms with van der Waals surface area (Å²) in [6.45, 7) is 16.2. The Morgan fingerprint density at radius 3 is 2.01 bits per heavy atom. The number of hydrogen-bond donors (Lipinski definition) is 6. The summed E-state index contributed by atoms with van der Waals surface area (Å²) in [4.78, 5) is 51.0. The Morgan fingerprint density at radius 1 is 0.759 bits per heavy atom. The van der Waals surface area contributed by atoms with Crippen molar-refractivity contribution in [1.29, 1.82) is 0 Å². The van der Waals surface area contributed by atoms with Crippen LogP contribution < -0.4 is 10.1 Å². The van der Waals surface area contributed by atoms with Gasteiger partial charge < -0.3 is 68.6 Å². The van der Waals surface area contributed by atoms with Crippen molar-refractivity contribution in [2.45, 2.75) is 110 Å². The van der Waals surface area contributed by atoms with E-state index in [0.29, 0.717) is 41.3 Å². The lowest BCUT2D eigenvalue weighted by Crippen LogP contribution is -2.46. The van der Waals surface area contributed by atoms with Crippen LogP contribution in [0.15, 0.2) is 206 Å². The number of phenolic OH excluding ortho intramolecular Hbond substituents is 3. The number of aliphatic hydroxyl groups is 2. The van der Waals surface area contributed by atoms with Gasteiger partial charge in [-0.3, -0.25) is 19.4 Å². The number of nitrogens with one attached hydrogen (secondary N) is 1. The molecule has 4 aliphatic heterocycles. The van der Waals surface area contributed by atoms with Gasteiger partial charge in [0.25, 0.3) is 11.7 Å². The van der Waals surface area contributed by atoms with Crippen LogP contribution in [0.3, 0.4) is 0 Å². The number of anilines is 1. The number of carbonyl (C=O) groups is 3. The third-order valence-electron chi connectivity index (χ3n) is 20.0. The molecule has 6 N–H and O–H groups in total. The highest BCUT2D eigenvalue weighted by Crippen LogP contribution is 2.55. The number of esters is 1. The number of hydrogen-bond acceptors (Lipinski definition) is 18. The van der Waals surface area contributed by atoms with E-state index in [1.54, 1.807) is 69.6 Å². The predicted molar refractivity (Wildman–Crippen MR) is 420 cm³/mol. The summed E-state index contributed by atoms with van der Waals surface area (Å²) in [6.07, 6.45) is 15.7. The highest BCUT2D eigenvalue weighted by molar-refractivity contribution is 6.35. The van der Waals surface area contributed by atoms with Crippen molar-refractivity contribution < 1.29 is 63.6 Å². The minimum atomic E-state index is -2.04. The van der Waals surface area contributed by atoms with Gasteiger partial charge in [-0.2, -0.15) is 5.10 Å². The predicted octanol–water partition coefficient (Wildman–Crippen LogP) is 15.5. The second-order valence-electron chi connectivity index (χ2n) is 27.4. The summed E-state index contributed by atoms with van der Waals surface area (Å²) in [5.74, 6) is -8.34. The number of rotatable bonds is 14. The van der Waals surface area contributed by atoms with Gasteiger partial charge in [0.1, 0.15) is 35.0 Å². The molecular formula is C83H90Cl4N8O13. The molecule has 1 amide bonds. The fourth-order valence-electron chi connectivity index (χ4n) is 13.8. The third-order valence-corrected chi connectivity index (χ3v) is 21.2. The number of benzene rings is 7. The molecule has 13 rings (SSSR count). The van der Waals surface area contributed by atoms with Crippen LogP contribution in [-0.4, -0.2) is 149 Å². The molecule has 108 heavy (non-hydrogen) atoms. The van der Waals surface area contributed by atoms with E-state index in [9.17, 15) is 39.9 Å². The van der Waals surface area contributed by atoms with Crippen LogP contribution in [0.1, 0.15) is 104 Å². The topological polar surface area (TPSA) is 265 Å². The van der Waals surface area contributed by atoms with E-state index in [-0.39, 0.29) is 50.6 Å². The standard InChI is InChI=1S/C43H58N4O12.C22H17ClN2.C18H15Cl3N2O/c1-21-12-11-13-22(2)42(55)45-33-28(20-44-47-17-15-46(9)16-18-47)37(52)30-31(38(33)53)36(51)26(6)40-32(30)41(54)43(8,59-40)57-19-14-29(56-10)23(3)39(58-27(7)48)25(5)35(50)24(4)34(21)49;23-21-14-8-7-13-20(21)22(25-16-15-24-17-25,18-9-3-1-4-10-18)19-11-5-2-6-12-19;19-14-3-1-13(2-4-14)11-24-18(10-23-8-7-22-12-23)16-6-5-15(20)9-17(16)21/h11-14,19-21,23-25,29,34-35,39,49-53H,15-18H2,1-10H3,(H,45,55);1-17H;1-9,12,18H,10-11H2/b12-11+,19-14+,22-13-,44-20-;;/t21-,23-,24-,25-,29+,34+,35+,39-,43+;;/m1../s1. The molecule has 7 aromatic carbocycles. The number of amides is 1. The van der Waals surface area contributed by atoms with Crippen LogP contribution in [0.5, 0.6) is 23.0 Å². The number of aromatic nitrogens is 4. The fraction of sp³-hybridized carbons (Fsp3) is 0.325. The van der Waals surface area contributed by atoms with Crippen LogP contribution >= 0.6 is 46.4 Å². The van der Waals surface area contributed by atoms with Gasteiger partial charge in [0.15, 0.2) is 5.75 Å². The monoisotopic (exact) mass is 1550 g/mol. The number of ether oxygens (including phenoxy) is 5. The number of aromatic hydroxyl groups is 3. The van der Waals surface area contributed by atoms with E-state index >= 15 is 0 Å². The Hall–Kier alpha value is -9.52. The van der Waals surface area contributed by atoms with Crippen LogP contribution in [-0.2, 0) is 47.2 Å². The Balaban J connectivity index is 0.000000206. The fourth-order valence-corrected chi connectivity index (χ4v) is 14.7. The zero-order valence-corrected chi connectivity index (χ0v) is 64.7. The first-order chi connectivity index (χ1) is 51.7. The Morgan fingerprint density at radius 2 is 1.40 bits per heavy atom. The van der Waals surface area contributed by atoms with Crippen molar-refractivity contribution in [2.75, 3.05) is 45.7 Å². The van der Waals surface area contributed by atoms with E-state index in [4.69, 9.17) is 70.1 Å². The number of phenols is 3. The largest absolute Gasteiger partial charge is 0.507 e. The molecule has 0 aliphatic carbocycles. The molecule has 0 spiro atoms. The highest BCUT2D eigenvalue weighted by Gasteiger charge is 2.50. The van der Waals surface area contributed by atoms with Crippen LogP contribution in [0.4, 0.5) is 5.69 Å². The number of methoxy groups -OCH3 is 1. The molecule has 0 radical (unpaired) electrons. The summed E-state index contributed by atoms with van der Waals surface area (Å²) in [5, 5.41) is 69.5. The molecule has 4 aliphatic rings. The number of aliphatic hydroxyl groups excluding tert-OH is 2. The van der Waals surface area contributed by atoms with Gasteiger partial charge in [0, 0.05) is 143 Å². The zero-order valence-electron chi connectivity index (χ0n) is 61.6. The molecule has 2 aromatic heterocycles. The summed E-state index contributed by atoms with van der Waals surface area (Å²) in [6, 6.07) is 41.9. The van der Waals surface area contributed by atoms with E-state index in [1.807, 2.05) is 97.1 Å². The maximum atomic E-state index is 14.4. The van der Waals surface area contributed by atoms with Gasteiger partial charge in [-0.05, 0) is 74.0 Å². The number of piperazine rings is 1. The number of imidazole rings is 2. The van der Waals surface area contributed by atoms with Crippen LogP contribution in [0.25, 0.3) is 10.8 Å². The van der Waals surface area contributed by atoms with E-state index < -0.39 is 94.3 Å². The Labute approximate surface area is 648 Å². The molecule has 9 aromatic rings. The SMILES string of the molecule is CO[C@H]1/C=C/O[C@@]2(C)Oc3c(C)c(O)c4c(O)c(c(/C=N\N5CCN(C)CC5)c(O)c4c3C2=O)NC(=O)/C(C)=C\C=C\[C@@H](C)[C@H](O)[C@@H](C)[C@H](O)[C@@H](C)[C@H](OC(C)=O)[C@@H]1C.Clc1ccc(COC(Cn2ccnc2)c2ccc(Cl)cc2Cl)cc1.Clc1ccccc1C(c1ccccc1)(c1ccccc1)n1ccnc1. The minimum absolute atomic E-state index is 0.0559. The minimum Gasteiger partial charge on any atom is -0.507 e. The summed E-state index contributed by atoms with van der Waals surface area (Å²) >= 11 is 25.0.